The molecule has 0 aliphatic carbocycles. The van der Waals surface area contributed by atoms with Crippen molar-refractivity contribution in [3.63, 3.8) is 0 Å². The van der Waals surface area contributed by atoms with Crippen LogP contribution in [-0.2, 0) is 10.0 Å². The molecule has 0 heterocycles. The number of nitrogens with one attached hydrogen (secondary N) is 2. The Kier molecular flexibility index (Phi) is 6.78. The highest BCUT2D eigenvalue weighted by atomic mass is 35.5. The van der Waals surface area contributed by atoms with Crippen molar-refractivity contribution in [2.24, 2.45) is 5.14 Å². The number of sulfonamides is 1. The van der Waals surface area contributed by atoms with E-state index < -0.39 is 21.8 Å². The summed E-state index contributed by atoms with van der Waals surface area (Å²) in [6.45, 7) is 2.56. The molecule has 2 aromatic carbocycles. The summed E-state index contributed by atoms with van der Waals surface area (Å²) in [5.41, 5.74) is 4.71. The van der Waals surface area contributed by atoms with Crippen LogP contribution in [0, 0.1) is 0 Å². The van der Waals surface area contributed by atoms with E-state index in [-0.39, 0.29) is 15.5 Å². The van der Waals surface area contributed by atoms with Crippen molar-refractivity contribution >= 4 is 33.4 Å². The van der Waals surface area contributed by atoms with Gasteiger partial charge in [0.15, 0.2) is 0 Å². The van der Waals surface area contributed by atoms with Gasteiger partial charge in [-0.15, -0.1) is 0 Å². The maximum Gasteiger partial charge on any atom is 0.269 e. The maximum atomic E-state index is 12.1. The lowest BCUT2D eigenvalue weighted by molar-refractivity contribution is 0.0846. The van der Waals surface area contributed by atoms with Gasteiger partial charge >= 0.3 is 0 Å². The molecule has 10 heteroatoms. The fourth-order valence-corrected chi connectivity index (χ4v) is 3.11. The summed E-state index contributed by atoms with van der Waals surface area (Å²) in [7, 11) is -4.09. The van der Waals surface area contributed by atoms with E-state index in [1.807, 2.05) is 6.92 Å². The second-order valence-corrected chi connectivity index (χ2v) is 7.41. The van der Waals surface area contributed by atoms with Crippen molar-refractivity contribution in [2.45, 2.75) is 18.2 Å². The predicted molar refractivity (Wildman–Crippen MR) is 100.0 cm³/mol. The molecule has 2 amide bonds. The Labute approximate surface area is 161 Å². The van der Waals surface area contributed by atoms with Crippen molar-refractivity contribution in [3.05, 3.63) is 58.6 Å². The van der Waals surface area contributed by atoms with Crippen LogP contribution in [0.15, 0.2) is 47.4 Å². The van der Waals surface area contributed by atoms with Crippen molar-refractivity contribution in [2.75, 3.05) is 6.61 Å². The zero-order valence-electron chi connectivity index (χ0n) is 14.4. The maximum absolute atomic E-state index is 12.1. The minimum absolute atomic E-state index is 0.0351. The number of nitrogens with two attached hydrogens (primary N) is 1. The number of halogens is 1. The Morgan fingerprint density at radius 2 is 1.59 bits per heavy atom. The summed E-state index contributed by atoms with van der Waals surface area (Å²) in [5.74, 6) is -0.645. The van der Waals surface area contributed by atoms with Crippen LogP contribution in [0.25, 0.3) is 0 Å². The van der Waals surface area contributed by atoms with Gasteiger partial charge in [0.2, 0.25) is 10.0 Å². The first-order chi connectivity index (χ1) is 12.7. The largest absolute Gasteiger partial charge is 0.494 e. The number of hydrazine groups is 1. The molecule has 0 bridgehead atoms. The molecule has 144 valence electrons. The fraction of sp³-hybridized carbons (Fsp3) is 0.176. The van der Waals surface area contributed by atoms with Crippen LogP contribution < -0.4 is 20.7 Å². The number of hydrogen-bond donors (Lipinski definition) is 3. The lowest BCUT2D eigenvalue weighted by Gasteiger charge is -2.10. The standard InChI is InChI=1S/C17H18ClN3O5S/c1-2-9-26-13-6-3-11(4-7-13)16(22)20-21-17(23)12-5-8-14(18)15(10-12)27(19,24)25/h3-8,10H,2,9H2,1H3,(H,20,22)(H,21,23)(H2,19,24,25). The highest BCUT2D eigenvalue weighted by molar-refractivity contribution is 7.89. The van der Waals surface area contributed by atoms with Crippen LogP contribution in [0.3, 0.4) is 0 Å². The van der Waals surface area contributed by atoms with Gasteiger partial charge in [-0.2, -0.15) is 0 Å². The molecule has 2 aromatic rings. The molecule has 27 heavy (non-hydrogen) atoms. The first-order valence-corrected chi connectivity index (χ1v) is 9.80. The summed E-state index contributed by atoms with van der Waals surface area (Å²) in [4.78, 5) is 23.8. The van der Waals surface area contributed by atoms with Gasteiger partial charge in [-0.3, -0.25) is 20.4 Å². The smallest absolute Gasteiger partial charge is 0.269 e. The van der Waals surface area contributed by atoms with Crippen molar-refractivity contribution in [3.8, 4) is 5.75 Å². The zero-order valence-corrected chi connectivity index (χ0v) is 15.9. The molecule has 4 N–H and O–H groups in total. The summed E-state index contributed by atoms with van der Waals surface area (Å²) in [5, 5.41) is 4.94. The van der Waals surface area contributed by atoms with Gasteiger partial charge in [0.1, 0.15) is 10.6 Å². The predicted octanol–water partition coefficient (Wildman–Crippen LogP) is 1.85. The molecule has 0 fully saturated rings. The molecule has 0 saturated heterocycles. The van der Waals surface area contributed by atoms with Crippen molar-refractivity contribution in [1.29, 1.82) is 0 Å². The van der Waals surface area contributed by atoms with Crippen LogP contribution in [0.5, 0.6) is 5.75 Å². The SMILES string of the molecule is CCCOc1ccc(C(=O)NNC(=O)c2ccc(Cl)c(S(N)(=O)=O)c2)cc1. The molecular formula is C17H18ClN3O5S. The Hall–Kier alpha value is -2.62. The lowest BCUT2D eigenvalue weighted by atomic mass is 10.2. The summed E-state index contributed by atoms with van der Waals surface area (Å²) < 4.78 is 28.3. The molecule has 0 aliphatic rings. The Morgan fingerprint density at radius 3 is 2.15 bits per heavy atom. The molecule has 0 aromatic heterocycles. The first-order valence-electron chi connectivity index (χ1n) is 7.88. The highest BCUT2D eigenvalue weighted by Gasteiger charge is 2.17. The molecular weight excluding hydrogens is 394 g/mol. The minimum Gasteiger partial charge on any atom is -0.494 e. The Balaban J connectivity index is 2.02. The van der Waals surface area contributed by atoms with Gasteiger partial charge in [0.25, 0.3) is 11.8 Å². The van der Waals surface area contributed by atoms with Gasteiger partial charge in [-0.05, 0) is 48.9 Å². The average molecular weight is 412 g/mol. The number of primary sulfonamides is 1. The normalized spacial score (nSPS) is 10.9. The van der Waals surface area contributed by atoms with E-state index in [0.717, 1.165) is 12.5 Å². The summed E-state index contributed by atoms with van der Waals surface area (Å²) in [6.07, 6.45) is 0.867. The molecule has 0 aliphatic heterocycles. The number of rotatable bonds is 6. The van der Waals surface area contributed by atoms with Gasteiger partial charge in [0.05, 0.1) is 11.6 Å². The molecule has 0 saturated carbocycles. The van der Waals surface area contributed by atoms with Crippen LogP contribution in [-0.4, -0.2) is 26.8 Å². The quantitative estimate of drug-likeness (QED) is 0.625. The molecule has 0 atom stereocenters. The van der Waals surface area contributed by atoms with Crippen LogP contribution in [0.2, 0.25) is 5.02 Å². The van der Waals surface area contributed by atoms with E-state index in [4.69, 9.17) is 21.5 Å². The third-order valence-electron chi connectivity index (χ3n) is 3.38. The van der Waals surface area contributed by atoms with Gasteiger partial charge < -0.3 is 4.74 Å². The second-order valence-electron chi connectivity index (χ2n) is 5.47. The van der Waals surface area contributed by atoms with Crippen molar-refractivity contribution in [1.82, 2.24) is 10.9 Å². The number of ether oxygens (including phenoxy) is 1. The van der Waals surface area contributed by atoms with Gasteiger partial charge in [0, 0.05) is 11.1 Å². The van der Waals surface area contributed by atoms with Crippen LogP contribution in [0.1, 0.15) is 34.1 Å². The zero-order chi connectivity index (χ0) is 20.0. The minimum atomic E-state index is -4.09. The molecule has 8 nitrogen and oxygen atoms in total. The van der Waals surface area contributed by atoms with E-state index >= 15 is 0 Å². The van der Waals surface area contributed by atoms with E-state index in [1.165, 1.54) is 12.1 Å². The Morgan fingerprint density at radius 1 is 1.04 bits per heavy atom. The number of carbonyl (C=O) groups is 2. The van der Waals surface area contributed by atoms with E-state index in [2.05, 4.69) is 10.9 Å². The fourth-order valence-electron chi connectivity index (χ4n) is 2.04. The van der Waals surface area contributed by atoms with Gasteiger partial charge in [-0.1, -0.05) is 18.5 Å². The molecule has 0 radical (unpaired) electrons. The summed E-state index contributed by atoms with van der Waals surface area (Å²) >= 11 is 5.77. The summed E-state index contributed by atoms with van der Waals surface area (Å²) in [6, 6.07) is 9.94. The van der Waals surface area contributed by atoms with Crippen LogP contribution in [0.4, 0.5) is 0 Å². The number of carbonyl (C=O) groups excluding carboxylic acids is 2. The topological polar surface area (TPSA) is 128 Å². The number of benzene rings is 2. The molecule has 0 unspecified atom stereocenters. The number of hydrogen-bond acceptors (Lipinski definition) is 5. The van der Waals surface area contributed by atoms with Crippen LogP contribution >= 0.6 is 11.6 Å². The third-order valence-corrected chi connectivity index (χ3v) is 4.77. The molecule has 2 rings (SSSR count). The van der Waals surface area contributed by atoms with E-state index in [0.29, 0.717) is 17.9 Å². The van der Waals surface area contributed by atoms with Crippen molar-refractivity contribution < 1.29 is 22.7 Å². The van der Waals surface area contributed by atoms with E-state index in [1.54, 1.807) is 24.3 Å². The third kappa shape index (κ3) is 5.68. The molecule has 0 spiro atoms. The Bertz CT molecular complexity index is 946. The average Bonchev–Trinajstić information content (AvgIpc) is 2.64. The lowest BCUT2D eigenvalue weighted by Crippen LogP contribution is -2.41. The first kappa shape index (κ1) is 20.7. The highest BCUT2D eigenvalue weighted by Crippen LogP contribution is 2.21. The number of amides is 2. The second kappa shape index (κ2) is 8.85. The van der Waals surface area contributed by atoms with Gasteiger partial charge in [-0.25, -0.2) is 13.6 Å². The van der Waals surface area contributed by atoms with E-state index in [9.17, 15) is 18.0 Å². The monoisotopic (exact) mass is 411 g/mol.